The normalized spacial score (nSPS) is 10.5. The summed E-state index contributed by atoms with van der Waals surface area (Å²) in [5, 5.41) is 8.73. The molecule has 0 aliphatic heterocycles. The van der Waals surface area contributed by atoms with Gasteiger partial charge in [-0.05, 0) is 12.1 Å². The highest BCUT2D eigenvalue weighted by Crippen LogP contribution is 2.23. The Morgan fingerprint density at radius 2 is 1.80 bits per heavy atom. The monoisotopic (exact) mass is 208 g/mol. The van der Waals surface area contributed by atoms with Gasteiger partial charge in [-0.3, -0.25) is 0 Å². The molecule has 76 valence electrons. The van der Waals surface area contributed by atoms with E-state index in [1.807, 2.05) is 0 Å². The minimum Gasteiger partial charge on any atom is -0.478 e. The quantitative estimate of drug-likeness (QED) is 0.782. The summed E-state index contributed by atoms with van der Waals surface area (Å²) in [5.74, 6) is -2.83. The zero-order valence-electron chi connectivity index (χ0n) is 7.50. The van der Waals surface area contributed by atoms with E-state index >= 15 is 0 Å². The van der Waals surface area contributed by atoms with Crippen LogP contribution in [-0.2, 0) is 0 Å². The predicted molar refractivity (Wildman–Crippen MR) is 50.8 cm³/mol. The summed E-state index contributed by atoms with van der Waals surface area (Å²) < 4.78 is 26.7. The van der Waals surface area contributed by atoms with Crippen molar-refractivity contribution >= 4 is 16.7 Å². The standard InChI is InChI=1S/C11H6F2O2/c12-9-3-1-2-7-6(9)4-5-8(10(7)13)11(14)15/h1-5H,(H,14,15). The molecule has 0 saturated carbocycles. The highest BCUT2D eigenvalue weighted by molar-refractivity contribution is 5.95. The molecule has 0 aliphatic carbocycles. The lowest BCUT2D eigenvalue weighted by Crippen LogP contribution is -2.01. The topological polar surface area (TPSA) is 37.3 Å². The van der Waals surface area contributed by atoms with Crippen LogP contribution in [0.2, 0.25) is 0 Å². The second-order valence-electron chi connectivity index (χ2n) is 3.07. The van der Waals surface area contributed by atoms with Crippen LogP contribution in [0, 0.1) is 11.6 Å². The smallest absolute Gasteiger partial charge is 0.338 e. The summed E-state index contributed by atoms with van der Waals surface area (Å²) >= 11 is 0. The minimum atomic E-state index is -1.36. The number of fused-ring (bicyclic) bond motifs is 1. The molecule has 15 heavy (non-hydrogen) atoms. The molecule has 0 bridgehead atoms. The number of hydrogen-bond acceptors (Lipinski definition) is 1. The van der Waals surface area contributed by atoms with Crippen molar-refractivity contribution in [1.29, 1.82) is 0 Å². The molecule has 2 aromatic carbocycles. The van der Waals surface area contributed by atoms with Gasteiger partial charge in [-0.2, -0.15) is 0 Å². The maximum absolute atomic E-state index is 13.6. The van der Waals surface area contributed by atoms with Crippen LogP contribution in [0.4, 0.5) is 8.78 Å². The number of hydrogen-bond donors (Lipinski definition) is 1. The maximum Gasteiger partial charge on any atom is 0.338 e. The van der Waals surface area contributed by atoms with Crippen LogP contribution < -0.4 is 0 Å². The van der Waals surface area contributed by atoms with E-state index in [1.54, 1.807) is 0 Å². The molecule has 0 aliphatic rings. The van der Waals surface area contributed by atoms with E-state index in [2.05, 4.69) is 0 Å². The van der Waals surface area contributed by atoms with Gasteiger partial charge >= 0.3 is 5.97 Å². The van der Waals surface area contributed by atoms with Crippen molar-refractivity contribution in [3.05, 3.63) is 47.5 Å². The molecule has 0 amide bonds. The van der Waals surface area contributed by atoms with Crippen LogP contribution in [0.15, 0.2) is 30.3 Å². The Kier molecular flexibility index (Phi) is 2.11. The van der Waals surface area contributed by atoms with E-state index in [0.717, 1.165) is 6.07 Å². The first-order valence-electron chi connectivity index (χ1n) is 4.21. The van der Waals surface area contributed by atoms with Crippen LogP contribution in [0.5, 0.6) is 0 Å². The molecule has 1 N–H and O–H groups in total. The van der Waals surface area contributed by atoms with E-state index in [4.69, 9.17) is 5.11 Å². The molecule has 0 aromatic heterocycles. The van der Waals surface area contributed by atoms with Gasteiger partial charge in [-0.25, -0.2) is 13.6 Å². The molecule has 4 heteroatoms. The Bertz CT molecular complexity index is 550. The first-order valence-corrected chi connectivity index (χ1v) is 4.21. The third kappa shape index (κ3) is 1.44. The van der Waals surface area contributed by atoms with Crippen molar-refractivity contribution < 1.29 is 18.7 Å². The van der Waals surface area contributed by atoms with Gasteiger partial charge in [0, 0.05) is 10.8 Å². The van der Waals surface area contributed by atoms with E-state index in [0.29, 0.717) is 0 Å². The average molecular weight is 208 g/mol. The zero-order chi connectivity index (χ0) is 11.0. The van der Waals surface area contributed by atoms with Crippen molar-refractivity contribution in [2.45, 2.75) is 0 Å². The maximum atomic E-state index is 13.6. The van der Waals surface area contributed by atoms with Gasteiger partial charge < -0.3 is 5.11 Å². The Balaban J connectivity index is 2.86. The van der Waals surface area contributed by atoms with Gasteiger partial charge in [-0.15, -0.1) is 0 Å². The fourth-order valence-electron chi connectivity index (χ4n) is 1.45. The molecule has 0 fully saturated rings. The molecule has 0 atom stereocenters. The first-order chi connectivity index (χ1) is 7.11. The van der Waals surface area contributed by atoms with Crippen molar-refractivity contribution in [3.63, 3.8) is 0 Å². The molecule has 2 aromatic rings. The fraction of sp³-hybridized carbons (Fsp3) is 0. The third-order valence-electron chi connectivity index (χ3n) is 2.17. The van der Waals surface area contributed by atoms with Crippen LogP contribution in [0.1, 0.15) is 10.4 Å². The number of halogens is 2. The number of carbonyl (C=O) groups is 1. The summed E-state index contributed by atoms with van der Waals surface area (Å²) in [6, 6.07) is 6.20. The lowest BCUT2D eigenvalue weighted by molar-refractivity contribution is 0.0692. The van der Waals surface area contributed by atoms with Gasteiger partial charge in [0.2, 0.25) is 0 Å². The number of carboxylic acid groups (broad SMARTS) is 1. The average Bonchev–Trinajstić information content (AvgIpc) is 2.19. The van der Waals surface area contributed by atoms with Crippen molar-refractivity contribution in [3.8, 4) is 0 Å². The number of aromatic carboxylic acids is 1. The zero-order valence-corrected chi connectivity index (χ0v) is 7.50. The molecular formula is C11H6F2O2. The minimum absolute atomic E-state index is 0.0186. The van der Waals surface area contributed by atoms with E-state index in [1.165, 1.54) is 24.3 Å². The number of carboxylic acids is 1. The Morgan fingerprint density at radius 1 is 1.07 bits per heavy atom. The van der Waals surface area contributed by atoms with Crippen molar-refractivity contribution in [2.75, 3.05) is 0 Å². The Hall–Kier alpha value is -1.97. The first kappa shape index (κ1) is 9.58. The second kappa shape index (κ2) is 3.31. The molecule has 2 nitrogen and oxygen atoms in total. The molecule has 0 heterocycles. The summed E-state index contributed by atoms with van der Waals surface area (Å²) in [6.45, 7) is 0. The van der Waals surface area contributed by atoms with Crippen LogP contribution >= 0.6 is 0 Å². The third-order valence-corrected chi connectivity index (χ3v) is 2.17. The molecule has 0 spiro atoms. The van der Waals surface area contributed by atoms with Crippen LogP contribution in [0.25, 0.3) is 10.8 Å². The van der Waals surface area contributed by atoms with E-state index in [9.17, 15) is 13.6 Å². The lowest BCUT2D eigenvalue weighted by Gasteiger charge is -2.03. The van der Waals surface area contributed by atoms with Gasteiger partial charge in [0.15, 0.2) is 0 Å². The molecule has 0 radical (unpaired) electrons. The fourth-order valence-corrected chi connectivity index (χ4v) is 1.45. The summed E-state index contributed by atoms with van der Waals surface area (Å²) in [7, 11) is 0. The molecule has 0 unspecified atom stereocenters. The van der Waals surface area contributed by atoms with Gasteiger partial charge in [0.1, 0.15) is 11.6 Å². The van der Waals surface area contributed by atoms with Crippen molar-refractivity contribution in [2.24, 2.45) is 0 Å². The molecule has 0 saturated heterocycles. The van der Waals surface area contributed by atoms with Crippen LogP contribution in [0.3, 0.4) is 0 Å². The van der Waals surface area contributed by atoms with Crippen molar-refractivity contribution in [1.82, 2.24) is 0 Å². The Labute approximate surface area is 83.8 Å². The van der Waals surface area contributed by atoms with Gasteiger partial charge in [0.05, 0.1) is 5.56 Å². The highest BCUT2D eigenvalue weighted by atomic mass is 19.1. The second-order valence-corrected chi connectivity index (χ2v) is 3.07. The predicted octanol–water partition coefficient (Wildman–Crippen LogP) is 2.82. The summed E-state index contributed by atoms with van der Waals surface area (Å²) in [6.07, 6.45) is 0. The SMILES string of the molecule is O=C(O)c1ccc2c(F)cccc2c1F. The van der Waals surface area contributed by atoms with E-state index in [-0.39, 0.29) is 10.8 Å². The lowest BCUT2D eigenvalue weighted by atomic mass is 10.1. The highest BCUT2D eigenvalue weighted by Gasteiger charge is 2.14. The van der Waals surface area contributed by atoms with Gasteiger partial charge in [-0.1, -0.05) is 18.2 Å². The van der Waals surface area contributed by atoms with Gasteiger partial charge in [0.25, 0.3) is 0 Å². The molecular weight excluding hydrogens is 202 g/mol. The van der Waals surface area contributed by atoms with Crippen LogP contribution in [-0.4, -0.2) is 11.1 Å². The van der Waals surface area contributed by atoms with E-state index < -0.39 is 23.2 Å². The summed E-state index contributed by atoms with van der Waals surface area (Å²) in [4.78, 5) is 10.6. The molecule has 2 rings (SSSR count). The number of rotatable bonds is 1. The summed E-state index contributed by atoms with van der Waals surface area (Å²) in [5.41, 5.74) is -0.451. The largest absolute Gasteiger partial charge is 0.478 e. The Morgan fingerprint density at radius 3 is 2.47 bits per heavy atom. The number of benzene rings is 2.